The number of H-pyrrole nitrogens is 1. The standard InChI is InChI=1S/C24H29N5O2/c1-24-11-12-28(2)20(13-15-9-10-16(31-4)14-17(15)24)21(24)29(3)23(30)27-22-25-18-7-5-6-8-19(18)26-22/h5-10,14,20-21H,11-13H2,1-4H3,(H2,25,26,27,30)/t20-,21+,24?/m1/s1. The van der Waals surface area contributed by atoms with E-state index in [9.17, 15) is 4.79 Å². The predicted molar refractivity (Wildman–Crippen MR) is 122 cm³/mol. The Morgan fingerprint density at radius 3 is 2.90 bits per heavy atom. The molecule has 1 aromatic heterocycles. The van der Waals surface area contributed by atoms with Gasteiger partial charge in [0.1, 0.15) is 5.75 Å². The average molecular weight is 420 g/mol. The van der Waals surface area contributed by atoms with Crippen LogP contribution in [-0.2, 0) is 11.8 Å². The summed E-state index contributed by atoms with van der Waals surface area (Å²) in [5, 5.41) is 2.97. The number of imidazole rings is 1. The molecule has 0 radical (unpaired) electrons. The molecule has 3 aromatic rings. The van der Waals surface area contributed by atoms with Gasteiger partial charge in [-0.2, -0.15) is 0 Å². The van der Waals surface area contributed by atoms with Gasteiger partial charge >= 0.3 is 6.03 Å². The van der Waals surface area contributed by atoms with Crippen LogP contribution < -0.4 is 10.1 Å². The van der Waals surface area contributed by atoms with E-state index >= 15 is 0 Å². The van der Waals surface area contributed by atoms with Crippen LogP contribution in [-0.4, -0.2) is 65.6 Å². The number of piperidine rings is 1. The monoisotopic (exact) mass is 419 g/mol. The molecule has 3 atom stereocenters. The van der Waals surface area contributed by atoms with Crippen molar-refractivity contribution in [3.63, 3.8) is 0 Å². The SMILES string of the molecule is COc1ccc2c(c1)C1(C)CCN(C)[C@H](C2)[C@@H]1N(C)C(=O)Nc1nc2ccccc2[nH]1. The molecule has 2 N–H and O–H groups in total. The number of aromatic nitrogens is 2. The van der Waals surface area contributed by atoms with Crippen molar-refractivity contribution in [2.45, 2.75) is 37.3 Å². The lowest BCUT2D eigenvalue weighted by molar-refractivity contribution is 0.0213. The number of carbonyl (C=O) groups excluding carboxylic acids is 1. The van der Waals surface area contributed by atoms with Crippen molar-refractivity contribution in [1.29, 1.82) is 0 Å². The molecule has 2 heterocycles. The third-order valence-corrected chi connectivity index (χ3v) is 7.28. The highest BCUT2D eigenvalue weighted by molar-refractivity contribution is 5.90. The number of urea groups is 1. The first kappa shape index (κ1) is 19.9. The Hall–Kier alpha value is -3.06. The molecule has 2 bridgehead atoms. The summed E-state index contributed by atoms with van der Waals surface area (Å²) in [6.07, 6.45) is 1.89. The summed E-state index contributed by atoms with van der Waals surface area (Å²) in [6.45, 7) is 3.30. The van der Waals surface area contributed by atoms with Gasteiger partial charge in [-0.25, -0.2) is 9.78 Å². The Balaban J connectivity index is 1.47. The number of para-hydroxylation sites is 2. The quantitative estimate of drug-likeness (QED) is 0.680. The van der Waals surface area contributed by atoms with E-state index in [1.54, 1.807) is 7.11 Å². The largest absolute Gasteiger partial charge is 0.497 e. The van der Waals surface area contributed by atoms with Gasteiger partial charge in [-0.15, -0.1) is 0 Å². The summed E-state index contributed by atoms with van der Waals surface area (Å²) in [7, 11) is 5.77. The van der Waals surface area contributed by atoms with E-state index in [0.29, 0.717) is 5.95 Å². The molecular formula is C24H29N5O2. The van der Waals surface area contributed by atoms with Crippen molar-refractivity contribution < 1.29 is 9.53 Å². The Morgan fingerprint density at radius 2 is 2.13 bits per heavy atom. The maximum absolute atomic E-state index is 13.3. The first-order chi connectivity index (χ1) is 14.9. The van der Waals surface area contributed by atoms with Crippen LogP contribution in [0.4, 0.5) is 10.7 Å². The Labute approximate surface area is 182 Å². The minimum absolute atomic E-state index is 0.0373. The number of benzene rings is 2. The van der Waals surface area contributed by atoms with Crippen LogP contribution in [0.1, 0.15) is 24.5 Å². The summed E-state index contributed by atoms with van der Waals surface area (Å²) in [4.78, 5) is 25.3. The van der Waals surface area contributed by atoms with E-state index in [-0.39, 0.29) is 23.5 Å². The average Bonchev–Trinajstić information content (AvgIpc) is 3.18. The molecule has 2 aromatic carbocycles. The fraction of sp³-hybridized carbons (Fsp3) is 0.417. The van der Waals surface area contributed by atoms with Gasteiger partial charge in [-0.1, -0.05) is 25.1 Å². The number of hydrogen-bond acceptors (Lipinski definition) is 4. The van der Waals surface area contributed by atoms with E-state index in [0.717, 1.165) is 36.2 Å². The summed E-state index contributed by atoms with van der Waals surface area (Å²) < 4.78 is 5.52. The van der Waals surface area contributed by atoms with Crippen molar-refractivity contribution >= 4 is 23.0 Å². The van der Waals surface area contributed by atoms with Gasteiger partial charge in [0.05, 0.1) is 24.2 Å². The molecule has 162 valence electrons. The lowest BCUT2D eigenvalue weighted by atomic mass is 9.61. The molecule has 1 saturated heterocycles. The van der Waals surface area contributed by atoms with E-state index in [1.807, 2.05) is 42.3 Å². The number of amides is 2. The van der Waals surface area contributed by atoms with Gasteiger partial charge in [0, 0.05) is 18.5 Å². The van der Waals surface area contributed by atoms with Crippen LogP contribution in [0.3, 0.4) is 0 Å². The molecule has 2 aliphatic rings. The summed E-state index contributed by atoms with van der Waals surface area (Å²) in [5.41, 5.74) is 4.23. The van der Waals surface area contributed by atoms with Crippen LogP contribution in [0.2, 0.25) is 0 Å². The van der Waals surface area contributed by atoms with Gasteiger partial charge < -0.3 is 19.5 Å². The fourth-order valence-electron chi connectivity index (χ4n) is 5.58. The Kier molecular flexibility index (Phi) is 4.66. The molecule has 5 rings (SSSR count). The molecular weight excluding hydrogens is 390 g/mol. The highest BCUT2D eigenvalue weighted by atomic mass is 16.5. The maximum atomic E-state index is 13.3. The lowest BCUT2D eigenvalue weighted by Gasteiger charge is -2.57. The zero-order valence-electron chi connectivity index (χ0n) is 18.5. The minimum Gasteiger partial charge on any atom is -0.497 e. The van der Waals surface area contributed by atoms with Gasteiger partial charge in [-0.3, -0.25) is 5.32 Å². The topological polar surface area (TPSA) is 73.5 Å². The third-order valence-electron chi connectivity index (χ3n) is 7.28. The normalized spacial score (nSPS) is 25.2. The van der Waals surface area contributed by atoms with Crippen molar-refractivity contribution in [3.05, 3.63) is 53.6 Å². The first-order valence-electron chi connectivity index (χ1n) is 10.8. The van der Waals surface area contributed by atoms with Gasteiger partial charge in [0.2, 0.25) is 5.95 Å². The lowest BCUT2D eigenvalue weighted by Crippen LogP contribution is -2.67. The van der Waals surface area contributed by atoms with Crippen molar-refractivity contribution in [2.24, 2.45) is 0 Å². The minimum atomic E-state index is -0.154. The molecule has 7 nitrogen and oxygen atoms in total. The van der Waals surface area contributed by atoms with Crippen molar-refractivity contribution in [1.82, 2.24) is 19.8 Å². The molecule has 1 fully saturated rings. The van der Waals surface area contributed by atoms with Crippen LogP contribution in [0, 0.1) is 0 Å². The number of anilines is 1. The van der Waals surface area contributed by atoms with Crippen molar-refractivity contribution in [2.75, 3.05) is 33.1 Å². The van der Waals surface area contributed by atoms with Crippen LogP contribution in [0.25, 0.3) is 11.0 Å². The Morgan fingerprint density at radius 1 is 1.32 bits per heavy atom. The molecule has 31 heavy (non-hydrogen) atoms. The highest BCUT2D eigenvalue weighted by Gasteiger charge is 2.52. The molecule has 0 spiro atoms. The first-order valence-corrected chi connectivity index (χ1v) is 10.8. The van der Waals surface area contributed by atoms with Gasteiger partial charge in [0.15, 0.2) is 0 Å². The number of hydrogen-bond donors (Lipinski definition) is 2. The van der Waals surface area contributed by atoms with Crippen LogP contribution in [0.5, 0.6) is 5.75 Å². The zero-order valence-corrected chi connectivity index (χ0v) is 18.5. The number of ether oxygens (including phenoxy) is 1. The highest BCUT2D eigenvalue weighted by Crippen LogP contribution is 2.47. The van der Waals surface area contributed by atoms with Crippen molar-refractivity contribution in [3.8, 4) is 5.75 Å². The van der Waals surface area contributed by atoms with Gasteiger partial charge in [-0.05, 0) is 61.8 Å². The number of fused-ring (bicyclic) bond motifs is 5. The summed E-state index contributed by atoms with van der Waals surface area (Å²) in [5.74, 6) is 1.34. The predicted octanol–water partition coefficient (Wildman–Crippen LogP) is 3.62. The zero-order chi connectivity index (χ0) is 21.8. The number of nitrogens with one attached hydrogen (secondary N) is 2. The number of nitrogens with zero attached hydrogens (tertiary/aromatic N) is 3. The van der Waals surface area contributed by atoms with E-state index in [1.165, 1.54) is 11.1 Å². The number of methoxy groups -OCH3 is 1. The number of aromatic amines is 1. The summed E-state index contributed by atoms with van der Waals surface area (Å²) >= 11 is 0. The molecule has 1 aliphatic heterocycles. The van der Waals surface area contributed by atoms with Crippen LogP contribution >= 0.6 is 0 Å². The smallest absolute Gasteiger partial charge is 0.324 e. The third kappa shape index (κ3) is 3.15. The second kappa shape index (κ2) is 7.27. The number of rotatable bonds is 3. The number of likely N-dealkylation sites (tertiary alicyclic amines) is 1. The number of carbonyl (C=O) groups is 1. The summed E-state index contributed by atoms with van der Waals surface area (Å²) in [6, 6.07) is 14.3. The molecule has 7 heteroatoms. The number of likely N-dealkylation sites (N-methyl/N-ethyl adjacent to an activating group) is 2. The Bertz CT molecular complexity index is 1110. The fourth-order valence-corrected chi connectivity index (χ4v) is 5.58. The van der Waals surface area contributed by atoms with Crippen LogP contribution in [0.15, 0.2) is 42.5 Å². The second-order valence-electron chi connectivity index (χ2n) is 9.03. The maximum Gasteiger partial charge on any atom is 0.324 e. The van der Waals surface area contributed by atoms with E-state index < -0.39 is 0 Å². The molecule has 1 unspecified atom stereocenters. The molecule has 2 amide bonds. The van der Waals surface area contributed by atoms with E-state index in [2.05, 4.69) is 46.3 Å². The molecule has 0 saturated carbocycles. The van der Waals surface area contributed by atoms with E-state index in [4.69, 9.17) is 4.74 Å². The molecule has 1 aliphatic carbocycles. The second-order valence-corrected chi connectivity index (χ2v) is 9.03. The van der Waals surface area contributed by atoms with Gasteiger partial charge in [0.25, 0.3) is 0 Å².